The molecule has 3 rings (SSSR count). The average Bonchev–Trinajstić information content (AvgIpc) is 3.15. The van der Waals surface area contributed by atoms with Crippen molar-refractivity contribution < 1.29 is 23.8 Å². The van der Waals surface area contributed by atoms with E-state index in [9.17, 15) is 14.7 Å². The van der Waals surface area contributed by atoms with Gasteiger partial charge in [0.15, 0.2) is 10.4 Å². The van der Waals surface area contributed by atoms with Gasteiger partial charge in [0, 0.05) is 19.7 Å². The predicted octanol–water partition coefficient (Wildman–Crippen LogP) is 2.38. The summed E-state index contributed by atoms with van der Waals surface area (Å²) in [5.41, 5.74) is 0. The van der Waals surface area contributed by atoms with Crippen LogP contribution in [0.3, 0.4) is 0 Å². The Kier molecular flexibility index (Phi) is 4.54. The van der Waals surface area contributed by atoms with Gasteiger partial charge >= 0.3 is 5.97 Å². The topological polar surface area (TPSA) is 80.0 Å². The fourth-order valence-electron chi connectivity index (χ4n) is 3.36. The van der Waals surface area contributed by atoms with Crippen molar-refractivity contribution >= 4 is 27.8 Å². The first-order valence-electron chi connectivity index (χ1n) is 7.45. The van der Waals surface area contributed by atoms with Crippen molar-refractivity contribution in [1.29, 1.82) is 0 Å². The highest BCUT2D eigenvalue weighted by Gasteiger charge is 2.41. The number of carboxylic acid groups (broad SMARTS) is 1. The minimum atomic E-state index is -0.776. The molecule has 0 radical (unpaired) electrons. The number of furan rings is 1. The number of carboxylic acids is 1. The summed E-state index contributed by atoms with van der Waals surface area (Å²) in [4.78, 5) is 25.3. The number of hydrogen-bond donors (Lipinski definition) is 1. The standard InChI is InChI=1S/C15H18BrNO5/c16-12-2-1-11(22-12)14(18)17-6-3-9(4-7-17)13-10(15(19)20)5-8-21-13/h1-2,9-10,13H,3-8H2,(H,19,20)/t10?,13-/m0/s1. The second-order valence-electron chi connectivity index (χ2n) is 5.80. The number of aliphatic carboxylic acids is 1. The molecule has 2 fully saturated rings. The van der Waals surface area contributed by atoms with Crippen LogP contribution in [0.2, 0.25) is 0 Å². The Hall–Kier alpha value is -1.34. The van der Waals surface area contributed by atoms with Gasteiger partial charge in [-0.25, -0.2) is 0 Å². The first-order valence-corrected chi connectivity index (χ1v) is 8.24. The van der Waals surface area contributed by atoms with Crippen LogP contribution in [0.5, 0.6) is 0 Å². The highest BCUT2D eigenvalue weighted by Crippen LogP contribution is 2.33. The van der Waals surface area contributed by atoms with Gasteiger partial charge in [-0.05, 0) is 53.2 Å². The van der Waals surface area contributed by atoms with Gasteiger partial charge in [0.05, 0.1) is 12.0 Å². The second-order valence-corrected chi connectivity index (χ2v) is 6.58. The Morgan fingerprint density at radius 3 is 2.55 bits per heavy atom. The zero-order chi connectivity index (χ0) is 15.7. The Morgan fingerprint density at radius 1 is 1.23 bits per heavy atom. The van der Waals surface area contributed by atoms with Gasteiger partial charge in [0.2, 0.25) is 0 Å². The number of ether oxygens (including phenoxy) is 1. The third-order valence-corrected chi connectivity index (χ3v) is 4.95. The van der Waals surface area contributed by atoms with E-state index in [1.165, 1.54) is 0 Å². The SMILES string of the molecule is O=C(O)C1CCO[C@H]1C1CCN(C(=O)c2ccc(Br)o2)CC1. The molecule has 1 aromatic rings. The zero-order valence-corrected chi connectivity index (χ0v) is 13.6. The molecule has 22 heavy (non-hydrogen) atoms. The third-order valence-electron chi connectivity index (χ3n) is 4.53. The number of rotatable bonds is 3. The summed E-state index contributed by atoms with van der Waals surface area (Å²) < 4.78 is 11.5. The normalized spacial score (nSPS) is 26.3. The molecule has 0 spiro atoms. The van der Waals surface area contributed by atoms with Gasteiger partial charge in [-0.15, -0.1) is 0 Å². The molecule has 6 nitrogen and oxygen atoms in total. The lowest BCUT2D eigenvalue weighted by atomic mass is 9.84. The molecule has 7 heteroatoms. The largest absolute Gasteiger partial charge is 0.481 e. The summed E-state index contributed by atoms with van der Waals surface area (Å²) in [6, 6.07) is 3.35. The lowest BCUT2D eigenvalue weighted by Gasteiger charge is -2.35. The quantitative estimate of drug-likeness (QED) is 0.881. The molecule has 2 saturated heterocycles. The number of piperidine rings is 1. The van der Waals surface area contributed by atoms with Crippen LogP contribution in [0, 0.1) is 11.8 Å². The molecule has 0 aliphatic carbocycles. The predicted molar refractivity (Wildman–Crippen MR) is 80.5 cm³/mol. The van der Waals surface area contributed by atoms with E-state index < -0.39 is 11.9 Å². The van der Waals surface area contributed by atoms with Gasteiger partial charge in [0.25, 0.3) is 5.91 Å². The van der Waals surface area contributed by atoms with Crippen LogP contribution in [-0.4, -0.2) is 47.7 Å². The first kappa shape index (κ1) is 15.6. The molecule has 1 unspecified atom stereocenters. The van der Waals surface area contributed by atoms with Crippen molar-refractivity contribution in [1.82, 2.24) is 4.90 Å². The Labute approximate surface area is 136 Å². The number of carbonyl (C=O) groups excluding carboxylic acids is 1. The zero-order valence-electron chi connectivity index (χ0n) is 12.0. The van der Waals surface area contributed by atoms with Crippen LogP contribution in [0.1, 0.15) is 29.8 Å². The number of hydrogen-bond acceptors (Lipinski definition) is 4. The van der Waals surface area contributed by atoms with E-state index in [1.807, 2.05) is 0 Å². The first-order chi connectivity index (χ1) is 10.6. The van der Waals surface area contributed by atoms with E-state index in [0.717, 1.165) is 12.8 Å². The number of carbonyl (C=O) groups is 2. The van der Waals surface area contributed by atoms with Crippen molar-refractivity contribution in [2.45, 2.75) is 25.4 Å². The van der Waals surface area contributed by atoms with Crippen molar-refractivity contribution in [3.63, 3.8) is 0 Å². The Morgan fingerprint density at radius 2 is 1.95 bits per heavy atom. The molecule has 1 amide bonds. The van der Waals surface area contributed by atoms with E-state index in [0.29, 0.717) is 36.5 Å². The number of nitrogens with zero attached hydrogens (tertiary/aromatic N) is 1. The van der Waals surface area contributed by atoms with Gasteiger partial charge in [0.1, 0.15) is 0 Å². The maximum absolute atomic E-state index is 12.3. The molecule has 2 aliphatic heterocycles. The fourth-order valence-corrected chi connectivity index (χ4v) is 3.66. The summed E-state index contributed by atoms with van der Waals surface area (Å²) in [5, 5.41) is 9.24. The molecule has 0 aromatic carbocycles. The summed E-state index contributed by atoms with van der Waals surface area (Å²) in [6.45, 7) is 1.73. The summed E-state index contributed by atoms with van der Waals surface area (Å²) >= 11 is 3.19. The summed E-state index contributed by atoms with van der Waals surface area (Å²) in [7, 11) is 0. The molecule has 1 N–H and O–H groups in total. The summed E-state index contributed by atoms with van der Waals surface area (Å²) in [5.74, 6) is -0.775. The maximum atomic E-state index is 12.3. The van der Waals surface area contributed by atoms with Crippen LogP contribution in [-0.2, 0) is 9.53 Å². The van der Waals surface area contributed by atoms with Crippen molar-refractivity contribution in [2.75, 3.05) is 19.7 Å². The smallest absolute Gasteiger partial charge is 0.309 e. The monoisotopic (exact) mass is 371 g/mol. The number of likely N-dealkylation sites (tertiary alicyclic amines) is 1. The molecule has 120 valence electrons. The van der Waals surface area contributed by atoms with E-state index in [2.05, 4.69) is 15.9 Å². The maximum Gasteiger partial charge on any atom is 0.309 e. The Bertz CT molecular complexity index is 564. The highest BCUT2D eigenvalue weighted by atomic mass is 79.9. The minimum absolute atomic E-state index is 0.119. The summed E-state index contributed by atoms with van der Waals surface area (Å²) in [6.07, 6.45) is 1.90. The highest BCUT2D eigenvalue weighted by molar-refractivity contribution is 9.10. The molecule has 0 saturated carbocycles. The molecular weight excluding hydrogens is 354 g/mol. The van der Waals surface area contributed by atoms with Gasteiger partial charge < -0.3 is 19.2 Å². The van der Waals surface area contributed by atoms with Crippen LogP contribution in [0.4, 0.5) is 0 Å². The molecule has 0 bridgehead atoms. The van der Waals surface area contributed by atoms with E-state index >= 15 is 0 Å². The van der Waals surface area contributed by atoms with Crippen LogP contribution >= 0.6 is 15.9 Å². The molecule has 3 heterocycles. The van der Waals surface area contributed by atoms with Gasteiger partial charge in [-0.3, -0.25) is 9.59 Å². The minimum Gasteiger partial charge on any atom is -0.481 e. The van der Waals surface area contributed by atoms with Crippen molar-refractivity contribution in [2.24, 2.45) is 11.8 Å². The van der Waals surface area contributed by atoms with Gasteiger partial charge in [-0.1, -0.05) is 0 Å². The van der Waals surface area contributed by atoms with Gasteiger partial charge in [-0.2, -0.15) is 0 Å². The van der Waals surface area contributed by atoms with Crippen LogP contribution in [0.15, 0.2) is 21.2 Å². The van der Waals surface area contributed by atoms with Crippen molar-refractivity contribution in [3.8, 4) is 0 Å². The lowest BCUT2D eigenvalue weighted by molar-refractivity contribution is -0.145. The van der Waals surface area contributed by atoms with E-state index in [1.54, 1.807) is 17.0 Å². The number of halogens is 1. The molecule has 2 atom stereocenters. The lowest BCUT2D eigenvalue weighted by Crippen LogP contribution is -2.43. The van der Waals surface area contributed by atoms with Crippen LogP contribution in [0.25, 0.3) is 0 Å². The third kappa shape index (κ3) is 3.05. The molecule has 2 aliphatic rings. The number of amides is 1. The molecular formula is C15H18BrNO5. The molecule has 1 aromatic heterocycles. The second kappa shape index (κ2) is 6.42. The fraction of sp³-hybridized carbons (Fsp3) is 0.600. The van der Waals surface area contributed by atoms with E-state index in [-0.39, 0.29) is 17.9 Å². The Balaban J connectivity index is 1.58. The van der Waals surface area contributed by atoms with Crippen LogP contribution < -0.4 is 0 Å². The van der Waals surface area contributed by atoms with E-state index in [4.69, 9.17) is 9.15 Å². The van der Waals surface area contributed by atoms with Crippen molar-refractivity contribution in [3.05, 3.63) is 22.6 Å². The average molecular weight is 372 g/mol.